The van der Waals surface area contributed by atoms with Crippen LogP contribution >= 0.6 is 15.9 Å². The zero-order valence-electron chi connectivity index (χ0n) is 25.4. The van der Waals surface area contributed by atoms with Crippen LogP contribution in [0.15, 0.2) is 71.6 Å². The first-order chi connectivity index (χ1) is 21.7. The van der Waals surface area contributed by atoms with Crippen molar-refractivity contribution >= 4 is 49.5 Å². The maximum Gasteiger partial charge on any atom is 0.164 e. The number of methoxy groups -OCH3 is 1. The topological polar surface area (TPSA) is 119 Å². The van der Waals surface area contributed by atoms with Crippen molar-refractivity contribution in [1.29, 1.82) is 0 Å². The monoisotopic (exact) mass is 670 g/mol. The Morgan fingerprint density at radius 3 is 2.73 bits per heavy atom. The van der Waals surface area contributed by atoms with Gasteiger partial charge in [-0.25, -0.2) is 15.0 Å². The van der Waals surface area contributed by atoms with E-state index in [1.165, 1.54) is 6.33 Å². The average Bonchev–Trinajstić information content (AvgIpc) is 3.74. The van der Waals surface area contributed by atoms with Crippen molar-refractivity contribution in [2.24, 2.45) is 5.92 Å². The Balaban J connectivity index is 1.05. The SMILES string of the molecule is COc1ccc(CNc2nc3cc(O[C@H]4CC[C@]56OC(C)(C)O[C@H]5[C@H](n5ccc7c(N)ncnc75)C[C@H]46)ccc3cc2Br)cc1. The molecule has 3 aromatic heterocycles. The minimum absolute atomic E-state index is 0.0305. The van der Waals surface area contributed by atoms with Crippen molar-refractivity contribution in [2.75, 3.05) is 18.2 Å². The number of nitrogens with one attached hydrogen (secondary N) is 1. The average molecular weight is 672 g/mol. The lowest BCUT2D eigenvalue weighted by Gasteiger charge is -2.30. The number of anilines is 2. The van der Waals surface area contributed by atoms with Crippen LogP contribution < -0.4 is 20.5 Å². The summed E-state index contributed by atoms with van der Waals surface area (Å²) in [5.74, 6) is 2.34. The Labute approximate surface area is 269 Å². The molecule has 1 aliphatic heterocycles. The van der Waals surface area contributed by atoms with Crippen LogP contribution in [0.4, 0.5) is 11.6 Å². The van der Waals surface area contributed by atoms with Gasteiger partial charge in [0, 0.05) is 30.1 Å². The summed E-state index contributed by atoms with van der Waals surface area (Å²) < 4.78 is 28.6. The highest BCUT2D eigenvalue weighted by atomic mass is 79.9. The Hall–Kier alpha value is -3.93. The molecule has 1 spiro atoms. The lowest BCUT2D eigenvalue weighted by atomic mass is 9.92. The van der Waals surface area contributed by atoms with Crippen LogP contribution in [0, 0.1) is 5.92 Å². The van der Waals surface area contributed by atoms with E-state index in [-0.39, 0.29) is 24.2 Å². The smallest absolute Gasteiger partial charge is 0.164 e. The Bertz CT molecular complexity index is 1910. The van der Waals surface area contributed by atoms with Crippen LogP contribution in [0.2, 0.25) is 0 Å². The summed E-state index contributed by atoms with van der Waals surface area (Å²) in [4.78, 5) is 13.7. The molecule has 5 aromatic rings. The van der Waals surface area contributed by atoms with Gasteiger partial charge in [0.1, 0.15) is 52.9 Å². The zero-order chi connectivity index (χ0) is 30.9. The standard InChI is InChI=1S/C34H35BrN6O4/c1-33(2)44-29-27(41-13-11-23-30(36)38-18-39-32(23)41)16-24-28(10-12-34(24,29)45-33)43-22-9-6-20-14-25(35)31(40-26(20)15-22)37-17-19-4-7-21(42-3)8-5-19/h4-9,11,13-15,18,24,27-29H,10,12,16-17H2,1-3H3,(H,37,40)(H2,36,38,39)/t24-,27-,28+,29+,34-/m1/s1. The van der Waals surface area contributed by atoms with Gasteiger partial charge in [-0.15, -0.1) is 0 Å². The number of aromatic nitrogens is 4. The van der Waals surface area contributed by atoms with Gasteiger partial charge in [0.2, 0.25) is 0 Å². The molecule has 4 heterocycles. The number of benzene rings is 2. The van der Waals surface area contributed by atoms with Gasteiger partial charge in [0.25, 0.3) is 0 Å². The van der Waals surface area contributed by atoms with Gasteiger partial charge in [-0.1, -0.05) is 12.1 Å². The first kappa shape index (κ1) is 28.5. The molecule has 0 bridgehead atoms. The fourth-order valence-electron chi connectivity index (χ4n) is 7.71. The fraction of sp³-hybridized carbons (Fsp3) is 0.382. The van der Waals surface area contributed by atoms with E-state index in [2.05, 4.69) is 47.9 Å². The van der Waals surface area contributed by atoms with Gasteiger partial charge < -0.3 is 34.6 Å². The van der Waals surface area contributed by atoms with E-state index < -0.39 is 11.4 Å². The van der Waals surface area contributed by atoms with Crippen molar-refractivity contribution in [1.82, 2.24) is 19.5 Å². The van der Waals surface area contributed by atoms with Gasteiger partial charge in [-0.2, -0.15) is 0 Å². The van der Waals surface area contributed by atoms with Gasteiger partial charge in [0.05, 0.1) is 28.5 Å². The lowest BCUT2D eigenvalue weighted by molar-refractivity contribution is -0.178. The van der Waals surface area contributed by atoms with Gasteiger partial charge in [-0.3, -0.25) is 0 Å². The molecule has 3 aliphatic rings. The third kappa shape index (κ3) is 4.79. The number of pyridine rings is 1. The summed E-state index contributed by atoms with van der Waals surface area (Å²) >= 11 is 3.69. The van der Waals surface area contributed by atoms with Crippen molar-refractivity contribution in [2.45, 2.75) is 69.3 Å². The number of nitrogens with two attached hydrogens (primary N) is 1. The largest absolute Gasteiger partial charge is 0.497 e. The Morgan fingerprint density at radius 2 is 1.91 bits per heavy atom. The molecule has 2 aromatic carbocycles. The number of nitrogen functional groups attached to an aromatic ring is 1. The molecular formula is C34H35BrN6O4. The molecule has 0 amide bonds. The number of hydrogen-bond donors (Lipinski definition) is 2. The molecule has 10 nitrogen and oxygen atoms in total. The summed E-state index contributed by atoms with van der Waals surface area (Å²) in [6.07, 6.45) is 6.00. The van der Waals surface area contributed by atoms with Crippen LogP contribution in [-0.4, -0.2) is 50.2 Å². The Morgan fingerprint density at radius 1 is 1.09 bits per heavy atom. The normalized spacial score (nSPS) is 26.7. The molecule has 2 saturated carbocycles. The highest BCUT2D eigenvalue weighted by Gasteiger charge is 2.69. The molecule has 1 saturated heterocycles. The van der Waals surface area contributed by atoms with E-state index in [1.807, 2.05) is 62.5 Å². The zero-order valence-corrected chi connectivity index (χ0v) is 27.0. The van der Waals surface area contributed by atoms with Crippen molar-refractivity contribution in [3.63, 3.8) is 0 Å². The molecule has 0 unspecified atom stereocenters. The fourth-order valence-corrected chi connectivity index (χ4v) is 8.19. The number of nitrogens with zero attached hydrogens (tertiary/aromatic N) is 4. The van der Waals surface area contributed by atoms with Gasteiger partial charge in [-0.05, 0) is 91.0 Å². The van der Waals surface area contributed by atoms with Crippen molar-refractivity contribution in [3.05, 3.63) is 77.2 Å². The highest BCUT2D eigenvalue weighted by Crippen LogP contribution is 2.61. The molecular weight excluding hydrogens is 636 g/mol. The molecule has 0 radical (unpaired) electrons. The summed E-state index contributed by atoms with van der Waals surface area (Å²) in [6, 6.07) is 18.2. The van der Waals surface area contributed by atoms with Crippen LogP contribution in [0.5, 0.6) is 11.5 Å². The highest BCUT2D eigenvalue weighted by molar-refractivity contribution is 9.10. The minimum atomic E-state index is -0.692. The maximum absolute atomic E-state index is 6.79. The van der Waals surface area contributed by atoms with E-state index in [0.29, 0.717) is 12.4 Å². The van der Waals surface area contributed by atoms with Gasteiger partial charge >= 0.3 is 0 Å². The molecule has 2 aliphatic carbocycles. The molecule has 11 heteroatoms. The molecule has 5 atom stereocenters. The van der Waals surface area contributed by atoms with E-state index in [1.54, 1.807) is 7.11 Å². The number of hydrogen-bond acceptors (Lipinski definition) is 9. The van der Waals surface area contributed by atoms with Crippen LogP contribution in [-0.2, 0) is 16.0 Å². The number of fused-ring (bicyclic) bond motifs is 2. The molecule has 3 N–H and O–H groups in total. The number of ether oxygens (including phenoxy) is 4. The second-order valence-corrected chi connectivity index (χ2v) is 13.5. The lowest BCUT2D eigenvalue weighted by Crippen LogP contribution is -2.42. The van der Waals surface area contributed by atoms with E-state index in [9.17, 15) is 0 Å². The van der Waals surface area contributed by atoms with Crippen molar-refractivity contribution in [3.8, 4) is 11.5 Å². The van der Waals surface area contributed by atoms with Crippen LogP contribution in [0.3, 0.4) is 0 Å². The molecule has 3 fully saturated rings. The summed E-state index contributed by atoms with van der Waals surface area (Å²) in [6.45, 7) is 4.65. The second kappa shape index (κ2) is 10.6. The quantitative estimate of drug-likeness (QED) is 0.196. The third-order valence-corrected chi connectivity index (χ3v) is 10.2. The number of rotatable bonds is 7. The molecule has 45 heavy (non-hydrogen) atoms. The van der Waals surface area contributed by atoms with E-state index in [4.69, 9.17) is 29.7 Å². The third-order valence-electron chi connectivity index (χ3n) is 9.62. The molecule has 232 valence electrons. The Kier molecular flexibility index (Phi) is 6.70. The predicted octanol–water partition coefficient (Wildman–Crippen LogP) is 6.64. The van der Waals surface area contributed by atoms with Crippen LogP contribution in [0.1, 0.15) is 44.7 Å². The predicted molar refractivity (Wildman–Crippen MR) is 175 cm³/mol. The summed E-state index contributed by atoms with van der Waals surface area (Å²) in [5, 5.41) is 5.34. The first-order valence-electron chi connectivity index (χ1n) is 15.3. The van der Waals surface area contributed by atoms with E-state index >= 15 is 0 Å². The van der Waals surface area contributed by atoms with Gasteiger partial charge in [0.15, 0.2) is 5.79 Å². The summed E-state index contributed by atoms with van der Waals surface area (Å²) in [7, 11) is 1.67. The van der Waals surface area contributed by atoms with Crippen molar-refractivity contribution < 1.29 is 18.9 Å². The molecule has 8 rings (SSSR count). The second-order valence-electron chi connectivity index (χ2n) is 12.7. The minimum Gasteiger partial charge on any atom is -0.497 e. The number of halogens is 1. The summed E-state index contributed by atoms with van der Waals surface area (Å²) in [5.41, 5.74) is 8.54. The van der Waals surface area contributed by atoms with E-state index in [0.717, 1.165) is 68.6 Å². The maximum atomic E-state index is 6.79. The first-order valence-corrected chi connectivity index (χ1v) is 16.1. The van der Waals surface area contributed by atoms with Crippen LogP contribution in [0.25, 0.3) is 21.9 Å².